The highest BCUT2D eigenvalue weighted by Gasteiger charge is 1.93. The van der Waals surface area contributed by atoms with Crippen LogP contribution in [0.1, 0.15) is 11.1 Å². The molecule has 0 saturated carbocycles. The molecule has 2 N–H and O–H groups in total. The van der Waals surface area contributed by atoms with E-state index in [0.29, 0.717) is 0 Å². The van der Waals surface area contributed by atoms with E-state index in [4.69, 9.17) is 5.73 Å². The first-order chi connectivity index (χ1) is 5.74. The molecule has 0 aliphatic heterocycles. The van der Waals surface area contributed by atoms with E-state index in [1.807, 2.05) is 25.1 Å². The summed E-state index contributed by atoms with van der Waals surface area (Å²) in [4.78, 5) is 0. The van der Waals surface area contributed by atoms with Gasteiger partial charge in [-0.15, -0.1) is 0 Å². The summed E-state index contributed by atoms with van der Waals surface area (Å²) >= 11 is 0. The van der Waals surface area contributed by atoms with Crippen LogP contribution in [0.25, 0.3) is 0 Å². The summed E-state index contributed by atoms with van der Waals surface area (Å²) in [6, 6.07) is 5.82. The normalized spacial score (nSPS) is 8.42. The second-order valence-electron chi connectivity index (χ2n) is 2.56. The van der Waals surface area contributed by atoms with Crippen LogP contribution < -0.4 is 5.73 Å². The number of hydrogen-bond donors (Lipinski definition) is 1. The van der Waals surface area contributed by atoms with Crippen LogP contribution in [0, 0.1) is 18.8 Å². The maximum Gasteiger partial charge on any atom is 0.0478 e. The molecule has 1 aromatic rings. The number of rotatable bonds is 0. The van der Waals surface area contributed by atoms with E-state index in [2.05, 4.69) is 18.4 Å². The molecule has 0 atom stereocenters. The molecule has 1 nitrogen and oxygen atoms in total. The third kappa shape index (κ3) is 1.90. The summed E-state index contributed by atoms with van der Waals surface area (Å²) in [5.41, 5.74) is 8.46. The number of anilines is 1. The van der Waals surface area contributed by atoms with Crippen LogP contribution in [0.2, 0.25) is 0 Å². The molecule has 0 aliphatic rings. The van der Waals surface area contributed by atoms with Gasteiger partial charge in [-0.25, -0.2) is 0 Å². The van der Waals surface area contributed by atoms with Crippen LogP contribution >= 0.6 is 0 Å². The molecule has 12 heavy (non-hydrogen) atoms. The van der Waals surface area contributed by atoms with E-state index in [-0.39, 0.29) is 0 Å². The van der Waals surface area contributed by atoms with Crippen molar-refractivity contribution in [3.05, 3.63) is 42.0 Å². The summed E-state index contributed by atoms with van der Waals surface area (Å²) < 4.78 is 0. The van der Waals surface area contributed by atoms with E-state index in [9.17, 15) is 0 Å². The van der Waals surface area contributed by atoms with Gasteiger partial charge in [0.1, 0.15) is 0 Å². The van der Waals surface area contributed by atoms with Crippen molar-refractivity contribution >= 4 is 5.69 Å². The van der Waals surface area contributed by atoms with Crippen LogP contribution in [-0.4, -0.2) is 0 Å². The van der Waals surface area contributed by atoms with Gasteiger partial charge in [-0.3, -0.25) is 0 Å². The quantitative estimate of drug-likeness (QED) is 0.453. The predicted octanol–water partition coefficient (Wildman–Crippen LogP) is 2.11. The van der Waals surface area contributed by atoms with Gasteiger partial charge in [-0.2, -0.15) is 0 Å². The monoisotopic (exact) mass is 157 g/mol. The van der Waals surface area contributed by atoms with E-state index < -0.39 is 0 Å². The summed E-state index contributed by atoms with van der Waals surface area (Å²) in [7, 11) is 0. The molecule has 0 heterocycles. The summed E-state index contributed by atoms with van der Waals surface area (Å²) in [5, 5.41) is 0. The Balaban J connectivity index is 3.09. The fourth-order valence-electron chi connectivity index (χ4n) is 0.925. The lowest BCUT2D eigenvalue weighted by atomic mass is 10.1. The average Bonchev–Trinajstić information content (AvgIpc) is 2.03. The Bertz CT molecular complexity index is 353. The van der Waals surface area contributed by atoms with Crippen LogP contribution in [-0.2, 0) is 0 Å². The molecule has 0 amide bonds. The molecular weight excluding hydrogens is 146 g/mol. The third-order valence-corrected chi connectivity index (χ3v) is 1.52. The topological polar surface area (TPSA) is 26.0 Å². The van der Waals surface area contributed by atoms with Crippen molar-refractivity contribution in [1.82, 2.24) is 0 Å². The maximum atomic E-state index is 5.73. The van der Waals surface area contributed by atoms with Crippen LogP contribution in [0.4, 0.5) is 5.69 Å². The van der Waals surface area contributed by atoms with Crippen molar-refractivity contribution in [1.29, 1.82) is 0 Å². The zero-order valence-corrected chi connectivity index (χ0v) is 7.09. The number of nitrogen functional groups attached to an aromatic ring is 1. The fraction of sp³-hybridized carbons (Fsp3) is 0.0909. The van der Waals surface area contributed by atoms with Crippen molar-refractivity contribution < 1.29 is 0 Å². The van der Waals surface area contributed by atoms with Crippen molar-refractivity contribution in [3.63, 3.8) is 0 Å². The van der Waals surface area contributed by atoms with Crippen molar-refractivity contribution in [2.75, 3.05) is 5.73 Å². The Morgan fingerprint density at radius 2 is 2.25 bits per heavy atom. The highest BCUT2D eigenvalue weighted by atomic mass is 14.5. The Morgan fingerprint density at radius 1 is 1.50 bits per heavy atom. The number of nitrogens with two attached hydrogens (primary N) is 1. The molecule has 0 aliphatic carbocycles. The van der Waals surface area contributed by atoms with Gasteiger partial charge < -0.3 is 5.73 Å². The standard InChI is InChI=1S/C11H11N/c1-3-4-5-10-7-6-9(2)8-11(10)12/h3,6-8H,1,12H2,2H3. The van der Waals surface area contributed by atoms with Crippen molar-refractivity contribution in [2.45, 2.75) is 6.92 Å². The molecule has 1 rings (SSSR count). The Kier molecular flexibility index (Phi) is 2.55. The van der Waals surface area contributed by atoms with Crippen LogP contribution in [0.3, 0.4) is 0 Å². The molecule has 0 spiro atoms. The van der Waals surface area contributed by atoms with E-state index in [1.165, 1.54) is 0 Å². The van der Waals surface area contributed by atoms with Crippen LogP contribution in [0.15, 0.2) is 30.9 Å². The number of aryl methyl sites for hydroxylation is 1. The minimum Gasteiger partial charge on any atom is -0.398 e. The highest BCUT2D eigenvalue weighted by Crippen LogP contribution is 2.11. The zero-order valence-electron chi connectivity index (χ0n) is 7.09. The lowest BCUT2D eigenvalue weighted by Gasteiger charge is -1.98. The first-order valence-corrected chi connectivity index (χ1v) is 3.72. The van der Waals surface area contributed by atoms with E-state index >= 15 is 0 Å². The summed E-state index contributed by atoms with van der Waals surface area (Å²) in [5.74, 6) is 5.66. The average molecular weight is 157 g/mol. The first-order valence-electron chi connectivity index (χ1n) is 3.72. The molecule has 60 valence electrons. The van der Waals surface area contributed by atoms with Crippen molar-refractivity contribution in [2.24, 2.45) is 0 Å². The van der Waals surface area contributed by atoms with Gasteiger partial charge in [0.2, 0.25) is 0 Å². The zero-order chi connectivity index (χ0) is 8.97. The van der Waals surface area contributed by atoms with Gasteiger partial charge in [-0.1, -0.05) is 24.5 Å². The fourth-order valence-corrected chi connectivity index (χ4v) is 0.925. The maximum absolute atomic E-state index is 5.73. The Morgan fingerprint density at radius 3 is 2.83 bits per heavy atom. The molecule has 1 aromatic carbocycles. The number of hydrogen-bond acceptors (Lipinski definition) is 1. The molecule has 0 unspecified atom stereocenters. The largest absolute Gasteiger partial charge is 0.398 e. The second kappa shape index (κ2) is 3.64. The minimum absolute atomic E-state index is 0.726. The van der Waals surface area contributed by atoms with Crippen molar-refractivity contribution in [3.8, 4) is 11.8 Å². The molecule has 0 fully saturated rings. The SMILES string of the molecule is C=CC#Cc1ccc(C)cc1N. The molecule has 0 aromatic heterocycles. The van der Waals surface area contributed by atoms with Gasteiger partial charge in [0.15, 0.2) is 0 Å². The summed E-state index contributed by atoms with van der Waals surface area (Å²) in [6.07, 6.45) is 1.55. The van der Waals surface area contributed by atoms with E-state index in [1.54, 1.807) is 6.08 Å². The number of benzene rings is 1. The lowest BCUT2D eigenvalue weighted by Crippen LogP contribution is -1.90. The third-order valence-electron chi connectivity index (χ3n) is 1.52. The first kappa shape index (κ1) is 8.42. The molecule has 0 radical (unpaired) electrons. The Labute approximate surface area is 72.9 Å². The smallest absolute Gasteiger partial charge is 0.0478 e. The van der Waals surface area contributed by atoms with Gasteiger partial charge >= 0.3 is 0 Å². The molecule has 0 bridgehead atoms. The van der Waals surface area contributed by atoms with Gasteiger partial charge in [0.25, 0.3) is 0 Å². The predicted molar refractivity (Wildman–Crippen MR) is 52.7 cm³/mol. The molecule has 1 heteroatoms. The Hall–Kier alpha value is -1.68. The number of allylic oxidation sites excluding steroid dienone is 1. The molecular formula is C11H11N. The molecule has 0 saturated heterocycles. The second-order valence-corrected chi connectivity index (χ2v) is 2.56. The summed E-state index contributed by atoms with van der Waals surface area (Å²) in [6.45, 7) is 5.51. The van der Waals surface area contributed by atoms with Gasteiger partial charge in [-0.05, 0) is 30.7 Å². The van der Waals surface area contributed by atoms with Crippen LogP contribution in [0.5, 0.6) is 0 Å². The minimum atomic E-state index is 0.726. The van der Waals surface area contributed by atoms with Gasteiger partial charge in [0.05, 0.1) is 0 Å². The van der Waals surface area contributed by atoms with Gasteiger partial charge in [0, 0.05) is 11.3 Å². The van der Waals surface area contributed by atoms with E-state index in [0.717, 1.165) is 16.8 Å². The lowest BCUT2D eigenvalue weighted by molar-refractivity contribution is 1.46. The highest BCUT2D eigenvalue weighted by molar-refractivity contribution is 5.57.